The molecular formula is C31H49FOP2. The molecule has 0 bridgehead atoms. The van der Waals surface area contributed by atoms with Crippen molar-refractivity contribution in [2.24, 2.45) is 17.8 Å². The minimum atomic E-state index is -1.36. The van der Waals surface area contributed by atoms with Crippen LogP contribution in [0.3, 0.4) is 0 Å². The van der Waals surface area contributed by atoms with Crippen LogP contribution in [0.25, 0.3) is 0 Å². The van der Waals surface area contributed by atoms with Crippen molar-refractivity contribution in [3.63, 3.8) is 0 Å². The smallest absolute Gasteiger partial charge is 0.159 e. The molecule has 2 aliphatic rings. The fraction of sp³-hybridized carbons (Fsp3) is 0.581. The molecule has 2 saturated carbocycles. The molecule has 196 valence electrons. The molecule has 0 aliphatic heterocycles. The number of aryl methyl sites for hydroxylation is 1. The average molecular weight is 519 g/mol. The average Bonchev–Trinajstić information content (AvgIpc) is 3.62. The van der Waals surface area contributed by atoms with E-state index in [2.05, 4.69) is 58.3 Å². The molecule has 2 aliphatic carbocycles. The molecule has 0 heterocycles. The van der Waals surface area contributed by atoms with Gasteiger partial charge in [-0.3, -0.25) is 4.79 Å². The number of carbonyl (C=O) groups is 1. The van der Waals surface area contributed by atoms with E-state index >= 15 is 0 Å². The summed E-state index contributed by atoms with van der Waals surface area (Å²) < 4.78 is 13.6. The molecule has 4 unspecified atom stereocenters. The lowest BCUT2D eigenvalue weighted by molar-refractivity contribution is 0.101. The second-order valence-corrected chi connectivity index (χ2v) is 12.5. The molecule has 0 amide bonds. The van der Waals surface area contributed by atoms with Gasteiger partial charge in [-0.15, -0.1) is 9.24 Å². The van der Waals surface area contributed by atoms with Gasteiger partial charge in [0.05, 0.1) is 0 Å². The predicted molar refractivity (Wildman–Crippen MR) is 159 cm³/mol. The van der Waals surface area contributed by atoms with E-state index in [0.717, 1.165) is 23.3 Å². The number of rotatable bonds is 4. The Balaban J connectivity index is 0.000000258. The van der Waals surface area contributed by atoms with Crippen LogP contribution in [0.2, 0.25) is 0 Å². The van der Waals surface area contributed by atoms with Crippen LogP contribution in [0.5, 0.6) is 0 Å². The van der Waals surface area contributed by atoms with E-state index in [1.54, 1.807) is 24.3 Å². The topological polar surface area (TPSA) is 17.1 Å². The molecule has 0 radical (unpaired) electrons. The number of carbonyl (C=O) groups excluding carboxylic acids is 1. The summed E-state index contributed by atoms with van der Waals surface area (Å²) in [6, 6.07) is 17.3. The maximum absolute atomic E-state index is 13.6. The summed E-state index contributed by atoms with van der Waals surface area (Å²) in [5.41, 5.74) is 2.55. The van der Waals surface area contributed by atoms with Gasteiger partial charge in [-0.05, 0) is 44.1 Å². The summed E-state index contributed by atoms with van der Waals surface area (Å²) in [7, 11) is 4.66. The van der Waals surface area contributed by atoms with Gasteiger partial charge >= 0.3 is 0 Å². The van der Waals surface area contributed by atoms with Gasteiger partial charge in [0.15, 0.2) is 5.78 Å². The molecule has 2 fully saturated rings. The highest BCUT2D eigenvalue weighted by Gasteiger charge is 2.26. The SMILES string of the molecule is CC(=O)c1ccc(C(P)C(C)(F)P)cc1.CC1CC1.CCC1CCC(C)CC1.Cc1ccccc1. The second kappa shape index (κ2) is 16.6. The minimum absolute atomic E-state index is 0.0238. The summed E-state index contributed by atoms with van der Waals surface area (Å²) in [5.74, 6) is 3.20. The van der Waals surface area contributed by atoms with E-state index in [1.807, 2.05) is 18.2 Å². The first kappa shape index (κ1) is 31.9. The molecule has 4 atom stereocenters. The van der Waals surface area contributed by atoms with Crippen LogP contribution in [0.15, 0.2) is 54.6 Å². The quantitative estimate of drug-likeness (QED) is 0.291. The minimum Gasteiger partial charge on any atom is -0.295 e. The van der Waals surface area contributed by atoms with Crippen molar-refractivity contribution in [1.82, 2.24) is 0 Å². The molecule has 2 aromatic rings. The van der Waals surface area contributed by atoms with Crippen LogP contribution in [0, 0.1) is 24.7 Å². The Kier molecular flexibility index (Phi) is 15.1. The normalized spacial score (nSPS) is 21.4. The number of halogens is 1. The number of ketones is 1. The molecule has 0 aromatic heterocycles. The van der Waals surface area contributed by atoms with Crippen LogP contribution < -0.4 is 0 Å². The van der Waals surface area contributed by atoms with Gasteiger partial charge in [-0.1, -0.05) is 135 Å². The monoisotopic (exact) mass is 518 g/mol. The third-order valence-corrected chi connectivity index (χ3v) is 8.58. The first-order valence-electron chi connectivity index (χ1n) is 13.3. The molecule has 4 rings (SSSR count). The largest absolute Gasteiger partial charge is 0.295 e. The van der Waals surface area contributed by atoms with E-state index in [4.69, 9.17) is 0 Å². The fourth-order valence-electron chi connectivity index (χ4n) is 3.69. The Morgan fingerprint density at radius 1 is 0.943 bits per heavy atom. The highest BCUT2D eigenvalue weighted by molar-refractivity contribution is 7.23. The van der Waals surface area contributed by atoms with Crippen molar-refractivity contribution in [1.29, 1.82) is 0 Å². The Bertz CT molecular complexity index is 817. The summed E-state index contributed by atoms with van der Waals surface area (Å²) in [6.07, 6.45) is 10.3. The van der Waals surface area contributed by atoms with Gasteiger partial charge in [0.2, 0.25) is 0 Å². The summed E-state index contributed by atoms with van der Waals surface area (Å²) in [5, 5.41) is -1.36. The highest BCUT2D eigenvalue weighted by atomic mass is 31.0. The van der Waals surface area contributed by atoms with Crippen molar-refractivity contribution in [2.75, 3.05) is 0 Å². The Labute approximate surface area is 219 Å². The van der Waals surface area contributed by atoms with Gasteiger partial charge in [0, 0.05) is 11.2 Å². The van der Waals surface area contributed by atoms with Gasteiger partial charge in [0.1, 0.15) is 5.41 Å². The highest BCUT2D eigenvalue weighted by Crippen LogP contribution is 2.41. The molecular weight excluding hydrogens is 469 g/mol. The van der Waals surface area contributed by atoms with E-state index in [9.17, 15) is 9.18 Å². The zero-order chi connectivity index (χ0) is 26.4. The summed E-state index contributed by atoms with van der Waals surface area (Å²) in [4.78, 5) is 11.0. The van der Waals surface area contributed by atoms with E-state index in [1.165, 1.54) is 64.4 Å². The first-order valence-corrected chi connectivity index (χ1v) is 14.5. The maximum Gasteiger partial charge on any atom is 0.159 e. The van der Waals surface area contributed by atoms with Gasteiger partial charge in [0.25, 0.3) is 0 Å². The zero-order valence-corrected chi connectivity index (χ0v) is 25.2. The number of alkyl halides is 1. The van der Waals surface area contributed by atoms with Crippen molar-refractivity contribution >= 4 is 24.3 Å². The number of benzene rings is 2. The predicted octanol–water partition coefficient (Wildman–Crippen LogP) is 10.0. The van der Waals surface area contributed by atoms with Crippen molar-refractivity contribution in [3.05, 3.63) is 71.3 Å². The third kappa shape index (κ3) is 14.9. The molecule has 1 nitrogen and oxygen atoms in total. The zero-order valence-electron chi connectivity index (χ0n) is 22.9. The Hall–Kier alpha value is -1.10. The number of hydrogen-bond donors (Lipinski definition) is 0. The lowest BCUT2D eigenvalue weighted by Gasteiger charge is -2.24. The Morgan fingerprint density at radius 3 is 1.71 bits per heavy atom. The van der Waals surface area contributed by atoms with Crippen molar-refractivity contribution < 1.29 is 9.18 Å². The number of hydrogen-bond acceptors (Lipinski definition) is 1. The molecule has 4 heteroatoms. The molecule has 35 heavy (non-hydrogen) atoms. The van der Waals surface area contributed by atoms with Crippen LogP contribution in [0.1, 0.15) is 107 Å². The fourth-order valence-corrected chi connectivity index (χ4v) is 4.10. The summed E-state index contributed by atoms with van der Waals surface area (Å²) in [6.45, 7) is 12.1. The molecule has 2 aromatic carbocycles. The van der Waals surface area contributed by atoms with E-state index in [0.29, 0.717) is 5.56 Å². The van der Waals surface area contributed by atoms with Crippen LogP contribution in [0.4, 0.5) is 4.39 Å². The third-order valence-electron chi connectivity index (χ3n) is 6.80. The molecule has 0 N–H and O–H groups in total. The maximum atomic E-state index is 13.6. The van der Waals surface area contributed by atoms with Crippen molar-refractivity contribution in [2.45, 2.75) is 97.6 Å². The Morgan fingerprint density at radius 2 is 1.40 bits per heavy atom. The van der Waals surface area contributed by atoms with Gasteiger partial charge in [-0.2, -0.15) is 0 Å². The van der Waals surface area contributed by atoms with E-state index < -0.39 is 5.41 Å². The van der Waals surface area contributed by atoms with Crippen molar-refractivity contribution in [3.8, 4) is 0 Å². The van der Waals surface area contributed by atoms with Crippen LogP contribution >= 0.6 is 18.5 Å². The van der Waals surface area contributed by atoms with Crippen LogP contribution in [-0.4, -0.2) is 11.2 Å². The first-order chi connectivity index (χ1) is 16.4. The standard InChI is InChI=1S/C11H15FOP2.C9H18.C7H8.C4H8/c1-7(13)8-3-5-9(6-4-8)10(14)11(2,12)15;1-3-9-6-4-8(2)5-7-9;1-7-5-3-2-4-6-7;1-4-2-3-4/h3-6,10H,14-15H2,1-2H3;8-9H,3-7H2,1-2H3;2-6H,1H3;4H,2-3H2,1H3. The van der Waals surface area contributed by atoms with Gasteiger partial charge in [-0.25, -0.2) is 4.39 Å². The van der Waals surface area contributed by atoms with E-state index in [-0.39, 0.29) is 11.4 Å². The number of Topliss-reactive ketones (excluding diaryl/α,β-unsaturated/α-hetero) is 1. The lowest BCUT2D eigenvalue weighted by atomic mass is 9.82. The summed E-state index contributed by atoms with van der Waals surface area (Å²) >= 11 is 0. The lowest BCUT2D eigenvalue weighted by Crippen LogP contribution is -2.14. The van der Waals surface area contributed by atoms with Gasteiger partial charge < -0.3 is 0 Å². The second-order valence-electron chi connectivity index (χ2n) is 10.7. The molecule has 0 saturated heterocycles. The van der Waals surface area contributed by atoms with Crippen LogP contribution in [-0.2, 0) is 0 Å². The molecule has 0 spiro atoms.